The maximum Gasteiger partial charge on any atom is 0.261 e. The molecular weight excluding hydrogens is 448 g/mol. The van der Waals surface area contributed by atoms with Crippen molar-refractivity contribution in [3.05, 3.63) is 95.1 Å². The van der Waals surface area contributed by atoms with E-state index in [0.717, 1.165) is 11.1 Å². The van der Waals surface area contributed by atoms with Crippen LogP contribution in [0.2, 0.25) is 0 Å². The molecule has 7 heteroatoms. The fourth-order valence-electron chi connectivity index (χ4n) is 4.16. The number of Topliss-reactive ketones (excluding diaryl/α,β-unsaturated/α-hetero) is 1. The summed E-state index contributed by atoms with van der Waals surface area (Å²) in [5, 5.41) is 0. The van der Waals surface area contributed by atoms with Crippen molar-refractivity contribution in [1.82, 2.24) is 4.90 Å². The molecule has 0 atom stereocenters. The summed E-state index contributed by atoms with van der Waals surface area (Å²) >= 11 is 0. The average molecular weight is 477 g/mol. The van der Waals surface area contributed by atoms with Crippen LogP contribution in [0.25, 0.3) is 0 Å². The van der Waals surface area contributed by atoms with Crippen LogP contribution in [-0.4, -0.2) is 38.1 Å². The van der Waals surface area contributed by atoms with Crippen LogP contribution in [-0.2, 0) is 10.0 Å². The van der Waals surface area contributed by atoms with Crippen LogP contribution in [0.5, 0.6) is 0 Å². The highest BCUT2D eigenvalue weighted by Crippen LogP contribution is 2.24. The molecule has 3 aromatic carbocycles. The smallest absolute Gasteiger partial charge is 0.261 e. The van der Waals surface area contributed by atoms with Crippen LogP contribution in [0.1, 0.15) is 44.7 Å². The van der Waals surface area contributed by atoms with Gasteiger partial charge in [-0.05, 0) is 74.2 Å². The number of anilines is 1. The number of nitrogens with one attached hydrogen (secondary N) is 1. The van der Waals surface area contributed by atoms with Crippen LogP contribution in [0, 0.1) is 19.8 Å². The highest BCUT2D eigenvalue weighted by molar-refractivity contribution is 7.92. The summed E-state index contributed by atoms with van der Waals surface area (Å²) in [7, 11) is -3.77. The van der Waals surface area contributed by atoms with Crippen molar-refractivity contribution in [1.29, 1.82) is 0 Å². The number of hydrogen-bond donors (Lipinski definition) is 1. The first-order chi connectivity index (χ1) is 16.2. The largest absolute Gasteiger partial charge is 0.339 e. The second kappa shape index (κ2) is 9.81. The molecule has 4 rings (SSSR count). The SMILES string of the molecule is Cc1ccc(NS(=O)(=O)c2ccc(C(=O)N3CCC(C(=O)c4ccccc4)CC3)cc2)cc1C. The van der Waals surface area contributed by atoms with Gasteiger partial charge < -0.3 is 4.90 Å². The van der Waals surface area contributed by atoms with Crippen LogP contribution < -0.4 is 4.72 Å². The van der Waals surface area contributed by atoms with Crippen molar-refractivity contribution in [2.45, 2.75) is 31.6 Å². The number of piperidine rings is 1. The molecule has 1 heterocycles. The quantitative estimate of drug-likeness (QED) is 0.516. The Hall–Kier alpha value is -3.45. The molecule has 0 bridgehead atoms. The number of likely N-dealkylation sites (tertiary alicyclic amines) is 1. The molecule has 176 valence electrons. The van der Waals surface area contributed by atoms with Crippen molar-refractivity contribution in [3.8, 4) is 0 Å². The predicted molar refractivity (Wildman–Crippen MR) is 133 cm³/mol. The number of hydrogen-bond acceptors (Lipinski definition) is 4. The van der Waals surface area contributed by atoms with Gasteiger partial charge in [-0.2, -0.15) is 0 Å². The molecule has 1 aliphatic rings. The van der Waals surface area contributed by atoms with Crippen LogP contribution in [0.15, 0.2) is 77.7 Å². The van der Waals surface area contributed by atoms with Gasteiger partial charge in [0.05, 0.1) is 4.90 Å². The van der Waals surface area contributed by atoms with Gasteiger partial charge in [0.25, 0.3) is 15.9 Å². The van der Waals surface area contributed by atoms with E-state index < -0.39 is 10.0 Å². The molecule has 1 fully saturated rings. The Morgan fingerprint density at radius 1 is 0.824 bits per heavy atom. The first kappa shape index (κ1) is 23.7. The Balaban J connectivity index is 1.38. The monoisotopic (exact) mass is 476 g/mol. The van der Waals surface area contributed by atoms with Crippen LogP contribution in [0.4, 0.5) is 5.69 Å². The molecule has 1 saturated heterocycles. The van der Waals surface area contributed by atoms with Gasteiger partial charge in [0.1, 0.15) is 0 Å². The third-order valence-electron chi connectivity index (χ3n) is 6.38. The zero-order chi connectivity index (χ0) is 24.3. The van der Waals surface area contributed by atoms with E-state index in [9.17, 15) is 18.0 Å². The Bertz CT molecular complexity index is 1290. The third kappa shape index (κ3) is 5.20. The molecule has 0 aliphatic carbocycles. The lowest BCUT2D eigenvalue weighted by Crippen LogP contribution is -2.40. The number of carbonyl (C=O) groups excluding carboxylic acids is 2. The van der Waals surface area contributed by atoms with E-state index in [2.05, 4.69) is 4.72 Å². The van der Waals surface area contributed by atoms with Gasteiger partial charge in [-0.15, -0.1) is 0 Å². The first-order valence-electron chi connectivity index (χ1n) is 11.3. The highest BCUT2D eigenvalue weighted by atomic mass is 32.2. The van der Waals surface area contributed by atoms with Crippen molar-refractivity contribution >= 4 is 27.4 Å². The minimum atomic E-state index is -3.77. The lowest BCUT2D eigenvalue weighted by Gasteiger charge is -2.31. The Labute approximate surface area is 200 Å². The maximum absolute atomic E-state index is 12.9. The summed E-state index contributed by atoms with van der Waals surface area (Å²) in [6.07, 6.45) is 1.23. The van der Waals surface area contributed by atoms with Gasteiger partial charge in [-0.25, -0.2) is 8.42 Å². The van der Waals surface area contributed by atoms with Gasteiger partial charge in [0.2, 0.25) is 0 Å². The minimum absolute atomic E-state index is 0.0875. The minimum Gasteiger partial charge on any atom is -0.339 e. The van der Waals surface area contributed by atoms with E-state index in [4.69, 9.17) is 0 Å². The molecule has 1 aliphatic heterocycles. The van der Waals surface area contributed by atoms with E-state index in [1.807, 2.05) is 50.2 Å². The van der Waals surface area contributed by atoms with Gasteiger partial charge in [-0.1, -0.05) is 36.4 Å². The maximum atomic E-state index is 12.9. The third-order valence-corrected chi connectivity index (χ3v) is 7.78. The zero-order valence-corrected chi connectivity index (χ0v) is 20.1. The van der Waals surface area contributed by atoms with Gasteiger partial charge >= 0.3 is 0 Å². The molecule has 0 unspecified atom stereocenters. The molecular formula is C27H28N2O4S. The highest BCUT2D eigenvalue weighted by Gasteiger charge is 2.28. The number of aryl methyl sites for hydroxylation is 2. The van der Waals surface area contributed by atoms with Crippen molar-refractivity contribution in [3.63, 3.8) is 0 Å². The number of nitrogens with zero attached hydrogens (tertiary/aromatic N) is 1. The second-order valence-electron chi connectivity index (χ2n) is 8.73. The summed E-state index contributed by atoms with van der Waals surface area (Å²) in [4.78, 5) is 27.4. The van der Waals surface area contributed by atoms with Gasteiger partial charge in [0, 0.05) is 35.8 Å². The lowest BCUT2D eigenvalue weighted by atomic mass is 9.88. The first-order valence-corrected chi connectivity index (χ1v) is 12.8. The normalized spacial score (nSPS) is 14.6. The number of carbonyl (C=O) groups is 2. The molecule has 0 saturated carbocycles. The number of benzene rings is 3. The number of ketones is 1. The molecule has 3 aromatic rings. The molecule has 6 nitrogen and oxygen atoms in total. The number of rotatable bonds is 6. The summed E-state index contributed by atoms with van der Waals surface area (Å²) in [5.74, 6) is -0.120. The molecule has 1 amide bonds. The lowest BCUT2D eigenvalue weighted by molar-refractivity contribution is 0.0650. The van der Waals surface area contributed by atoms with E-state index >= 15 is 0 Å². The van der Waals surface area contributed by atoms with E-state index in [-0.39, 0.29) is 22.5 Å². The Morgan fingerprint density at radius 3 is 2.09 bits per heavy atom. The topological polar surface area (TPSA) is 83.6 Å². The van der Waals surface area contributed by atoms with Gasteiger partial charge in [-0.3, -0.25) is 14.3 Å². The number of amides is 1. The molecule has 0 spiro atoms. The summed E-state index contributed by atoms with van der Waals surface area (Å²) in [5.41, 5.74) is 3.71. The zero-order valence-electron chi connectivity index (χ0n) is 19.3. The molecule has 34 heavy (non-hydrogen) atoms. The van der Waals surface area contributed by atoms with E-state index in [1.165, 1.54) is 12.1 Å². The summed E-state index contributed by atoms with van der Waals surface area (Å²) in [6, 6.07) is 20.6. The van der Waals surface area contributed by atoms with Crippen LogP contribution in [0.3, 0.4) is 0 Å². The Kier molecular flexibility index (Phi) is 6.84. The van der Waals surface area contributed by atoms with Crippen molar-refractivity contribution in [2.24, 2.45) is 5.92 Å². The second-order valence-corrected chi connectivity index (χ2v) is 10.4. The fourth-order valence-corrected chi connectivity index (χ4v) is 5.21. The standard InChI is InChI=1S/C27H28N2O4S/c1-19-8-11-24(18-20(19)2)28-34(32,33)25-12-9-23(10-13-25)27(31)29-16-14-22(15-17-29)26(30)21-6-4-3-5-7-21/h3-13,18,22,28H,14-17H2,1-2H3. The fraction of sp³-hybridized carbons (Fsp3) is 0.259. The van der Waals surface area contributed by atoms with Crippen molar-refractivity contribution in [2.75, 3.05) is 17.8 Å². The van der Waals surface area contributed by atoms with E-state index in [1.54, 1.807) is 29.2 Å². The summed E-state index contributed by atoms with van der Waals surface area (Å²) < 4.78 is 28.1. The summed E-state index contributed by atoms with van der Waals surface area (Å²) in [6.45, 7) is 4.88. The average Bonchev–Trinajstić information content (AvgIpc) is 2.86. The van der Waals surface area contributed by atoms with Gasteiger partial charge in [0.15, 0.2) is 5.78 Å². The molecule has 1 N–H and O–H groups in total. The van der Waals surface area contributed by atoms with Crippen LogP contribution >= 0.6 is 0 Å². The van der Waals surface area contributed by atoms with E-state index in [0.29, 0.717) is 42.7 Å². The predicted octanol–water partition coefficient (Wildman–Crippen LogP) is 4.84. The molecule has 0 radical (unpaired) electrons. The number of sulfonamides is 1. The Morgan fingerprint density at radius 2 is 1.47 bits per heavy atom. The molecule has 0 aromatic heterocycles. The van der Waals surface area contributed by atoms with Crippen molar-refractivity contribution < 1.29 is 18.0 Å².